The number of Topliss-reactive ketones (excluding diaryl/α,β-unsaturated/α-hetero) is 1. The third-order valence-corrected chi connectivity index (χ3v) is 2.42. The van der Waals surface area contributed by atoms with E-state index in [2.05, 4.69) is 10.1 Å². The predicted octanol–water partition coefficient (Wildman–Crippen LogP) is 1.84. The van der Waals surface area contributed by atoms with Gasteiger partial charge in [-0.3, -0.25) is 10.1 Å². The van der Waals surface area contributed by atoms with Crippen molar-refractivity contribution < 1.29 is 27.5 Å². The molecule has 1 N–H and O–H groups in total. The van der Waals surface area contributed by atoms with Crippen LogP contribution in [0.15, 0.2) is 30.3 Å². The van der Waals surface area contributed by atoms with E-state index in [1.165, 1.54) is 6.92 Å². The van der Waals surface area contributed by atoms with Crippen molar-refractivity contribution in [1.82, 2.24) is 5.32 Å². The summed E-state index contributed by atoms with van der Waals surface area (Å²) in [6, 6.07) is 6.41. The number of hydrogen-bond donors (Lipinski definition) is 1. The predicted molar refractivity (Wildman–Crippen MR) is 64.8 cm³/mol. The van der Waals surface area contributed by atoms with E-state index in [0.717, 1.165) is 0 Å². The van der Waals surface area contributed by atoms with Crippen LogP contribution in [-0.2, 0) is 20.9 Å². The SMILES string of the molecule is CCOC(=O)C(NCc1ccccc1)C(=O)C(F)(F)F. The zero-order valence-corrected chi connectivity index (χ0v) is 10.7. The van der Waals surface area contributed by atoms with E-state index >= 15 is 0 Å². The number of halogens is 3. The Hall–Kier alpha value is -1.89. The molecule has 0 amide bonds. The first-order valence-corrected chi connectivity index (χ1v) is 5.91. The van der Waals surface area contributed by atoms with Gasteiger partial charge in [0.2, 0.25) is 0 Å². The number of hydrogen-bond acceptors (Lipinski definition) is 4. The van der Waals surface area contributed by atoms with Crippen molar-refractivity contribution in [2.45, 2.75) is 25.7 Å². The second-order valence-corrected chi connectivity index (χ2v) is 3.91. The first kappa shape index (κ1) is 16.2. The summed E-state index contributed by atoms with van der Waals surface area (Å²) in [7, 11) is 0. The smallest absolute Gasteiger partial charge is 0.452 e. The Morgan fingerprint density at radius 1 is 1.25 bits per heavy atom. The van der Waals surface area contributed by atoms with Crippen molar-refractivity contribution in [2.75, 3.05) is 6.61 Å². The zero-order valence-electron chi connectivity index (χ0n) is 10.7. The number of esters is 1. The minimum atomic E-state index is -5.10. The number of benzene rings is 1. The van der Waals surface area contributed by atoms with Gasteiger partial charge in [0.15, 0.2) is 6.04 Å². The fourth-order valence-corrected chi connectivity index (χ4v) is 1.49. The Balaban J connectivity index is 2.78. The van der Waals surface area contributed by atoms with Crippen LogP contribution in [0.5, 0.6) is 0 Å². The third kappa shape index (κ3) is 4.65. The van der Waals surface area contributed by atoms with Gasteiger partial charge in [0.05, 0.1) is 6.61 Å². The number of carbonyl (C=O) groups excluding carboxylic acids is 2. The number of ether oxygens (including phenoxy) is 1. The summed E-state index contributed by atoms with van der Waals surface area (Å²) in [5.74, 6) is -3.39. The van der Waals surface area contributed by atoms with Crippen molar-refractivity contribution in [2.24, 2.45) is 0 Å². The molecule has 1 aromatic rings. The van der Waals surface area contributed by atoms with Gasteiger partial charge in [-0.15, -0.1) is 0 Å². The summed E-state index contributed by atoms with van der Waals surface area (Å²) in [5, 5.41) is 2.28. The molecule has 1 unspecified atom stereocenters. The average molecular weight is 289 g/mol. The highest BCUT2D eigenvalue weighted by Crippen LogP contribution is 2.19. The van der Waals surface area contributed by atoms with Gasteiger partial charge in [-0.05, 0) is 12.5 Å². The lowest BCUT2D eigenvalue weighted by atomic mass is 10.1. The van der Waals surface area contributed by atoms with E-state index in [-0.39, 0.29) is 13.2 Å². The summed E-state index contributed by atoms with van der Waals surface area (Å²) in [4.78, 5) is 22.7. The van der Waals surface area contributed by atoms with Crippen LogP contribution < -0.4 is 5.32 Å². The van der Waals surface area contributed by atoms with Crippen molar-refractivity contribution in [3.63, 3.8) is 0 Å². The van der Waals surface area contributed by atoms with E-state index in [1.807, 2.05) is 0 Å². The highest BCUT2D eigenvalue weighted by Gasteiger charge is 2.46. The topological polar surface area (TPSA) is 55.4 Å². The number of nitrogens with one attached hydrogen (secondary N) is 1. The van der Waals surface area contributed by atoms with Crippen molar-refractivity contribution in [1.29, 1.82) is 0 Å². The Labute approximate surface area is 113 Å². The minimum Gasteiger partial charge on any atom is -0.464 e. The maximum atomic E-state index is 12.4. The molecule has 110 valence electrons. The Morgan fingerprint density at radius 2 is 1.85 bits per heavy atom. The lowest BCUT2D eigenvalue weighted by Gasteiger charge is -2.17. The summed E-state index contributed by atoms with van der Waals surface area (Å²) in [6.45, 7) is 1.30. The molecule has 0 bridgehead atoms. The number of carbonyl (C=O) groups is 2. The lowest BCUT2D eigenvalue weighted by Crippen LogP contribution is -2.49. The summed E-state index contributed by atoms with van der Waals surface area (Å²) in [5.41, 5.74) is 0.650. The Bertz CT molecular complexity index is 460. The van der Waals surface area contributed by atoms with E-state index in [9.17, 15) is 22.8 Å². The highest BCUT2D eigenvalue weighted by molar-refractivity contribution is 6.05. The fraction of sp³-hybridized carbons (Fsp3) is 0.385. The molecule has 0 aliphatic carbocycles. The van der Waals surface area contributed by atoms with Gasteiger partial charge in [0, 0.05) is 6.54 Å². The van der Waals surface area contributed by atoms with Crippen LogP contribution in [0.25, 0.3) is 0 Å². The first-order valence-electron chi connectivity index (χ1n) is 5.91. The number of rotatable bonds is 6. The molecule has 0 spiro atoms. The molecule has 0 aliphatic rings. The molecule has 4 nitrogen and oxygen atoms in total. The summed E-state index contributed by atoms with van der Waals surface area (Å²) >= 11 is 0. The first-order chi connectivity index (χ1) is 9.36. The van der Waals surface area contributed by atoms with E-state index in [1.54, 1.807) is 30.3 Å². The van der Waals surface area contributed by atoms with Crippen molar-refractivity contribution >= 4 is 11.8 Å². The second kappa shape index (κ2) is 7.04. The molecule has 0 radical (unpaired) electrons. The maximum absolute atomic E-state index is 12.4. The summed E-state index contributed by atoms with van der Waals surface area (Å²) < 4.78 is 41.8. The molecule has 0 aliphatic heterocycles. The quantitative estimate of drug-likeness (QED) is 0.641. The maximum Gasteiger partial charge on any atom is 0.452 e. The largest absolute Gasteiger partial charge is 0.464 e. The van der Waals surface area contributed by atoms with E-state index in [0.29, 0.717) is 5.56 Å². The normalized spacial score (nSPS) is 12.8. The van der Waals surface area contributed by atoms with Crippen LogP contribution in [0.1, 0.15) is 12.5 Å². The standard InChI is InChI=1S/C13H14F3NO3/c1-2-20-12(19)10(11(18)13(14,15)16)17-8-9-6-4-3-5-7-9/h3-7,10,17H,2,8H2,1H3. The van der Waals surface area contributed by atoms with E-state index < -0.39 is 24.0 Å². The Kier molecular flexibility index (Phi) is 5.69. The molecule has 1 aromatic carbocycles. The van der Waals surface area contributed by atoms with Gasteiger partial charge in [-0.2, -0.15) is 13.2 Å². The second-order valence-electron chi connectivity index (χ2n) is 3.91. The fourth-order valence-electron chi connectivity index (χ4n) is 1.49. The highest BCUT2D eigenvalue weighted by atomic mass is 19.4. The van der Waals surface area contributed by atoms with Crippen LogP contribution in [0.4, 0.5) is 13.2 Å². The minimum absolute atomic E-state index is 0.0495. The number of ketones is 1. The van der Waals surface area contributed by atoms with Gasteiger partial charge in [0.1, 0.15) is 0 Å². The van der Waals surface area contributed by atoms with Gasteiger partial charge >= 0.3 is 12.1 Å². The van der Waals surface area contributed by atoms with Gasteiger partial charge in [-0.25, -0.2) is 4.79 Å². The molecule has 1 rings (SSSR count). The van der Waals surface area contributed by atoms with Crippen LogP contribution in [0.3, 0.4) is 0 Å². The monoisotopic (exact) mass is 289 g/mol. The lowest BCUT2D eigenvalue weighted by molar-refractivity contribution is -0.177. The van der Waals surface area contributed by atoms with Crippen molar-refractivity contribution in [3.8, 4) is 0 Å². The Morgan fingerprint density at radius 3 is 2.35 bits per heavy atom. The van der Waals surface area contributed by atoms with Crippen LogP contribution in [0, 0.1) is 0 Å². The molecule has 0 aromatic heterocycles. The molecular formula is C13H14F3NO3. The molecule has 0 saturated heterocycles. The molecular weight excluding hydrogens is 275 g/mol. The van der Waals surface area contributed by atoms with Crippen LogP contribution >= 0.6 is 0 Å². The molecule has 20 heavy (non-hydrogen) atoms. The average Bonchev–Trinajstić information content (AvgIpc) is 2.39. The molecule has 0 saturated carbocycles. The number of alkyl halides is 3. The summed E-state index contributed by atoms with van der Waals surface area (Å²) in [6.07, 6.45) is -5.10. The molecule has 7 heteroatoms. The van der Waals surface area contributed by atoms with Crippen molar-refractivity contribution in [3.05, 3.63) is 35.9 Å². The van der Waals surface area contributed by atoms with Gasteiger partial charge in [0.25, 0.3) is 5.78 Å². The zero-order chi connectivity index (χ0) is 15.2. The van der Waals surface area contributed by atoms with Gasteiger partial charge in [-0.1, -0.05) is 30.3 Å². The van der Waals surface area contributed by atoms with E-state index in [4.69, 9.17) is 0 Å². The van der Waals surface area contributed by atoms with Gasteiger partial charge < -0.3 is 4.74 Å². The third-order valence-electron chi connectivity index (χ3n) is 2.42. The molecule has 0 heterocycles. The van der Waals surface area contributed by atoms with Crippen LogP contribution in [0.2, 0.25) is 0 Å². The van der Waals surface area contributed by atoms with Crippen LogP contribution in [-0.4, -0.2) is 30.6 Å². The molecule has 0 fully saturated rings. The molecule has 1 atom stereocenters.